The molecule has 432 valence electrons. The van der Waals surface area contributed by atoms with Crippen LogP contribution in [0.1, 0.15) is 115 Å². The van der Waals surface area contributed by atoms with Gasteiger partial charge in [0.25, 0.3) is 5.91 Å². The Kier molecular flexibility index (Phi) is 39.9. The topological polar surface area (TPSA) is 337 Å². The molecule has 0 saturated carbocycles. The molecule has 1 aliphatic rings. The van der Waals surface area contributed by atoms with E-state index >= 15 is 0 Å². The second kappa shape index (κ2) is 43.2. The van der Waals surface area contributed by atoms with Crippen LogP contribution in [0.4, 0.5) is 4.79 Å². The normalized spacial score (nSPS) is 14.4. The van der Waals surface area contributed by atoms with Gasteiger partial charge in [-0.3, -0.25) is 58.0 Å². The molecule has 1 aromatic rings. The van der Waals surface area contributed by atoms with Crippen LogP contribution in [0, 0.1) is 0 Å². The number of carboxylic acid groups (broad SMARTS) is 4. The molecular formula is C51H88N10O14S. The lowest BCUT2D eigenvalue weighted by Crippen LogP contribution is -2.51. The monoisotopic (exact) mass is 1100 g/mol. The van der Waals surface area contributed by atoms with Crippen LogP contribution in [0.5, 0.6) is 0 Å². The number of rotatable bonds is 32. The summed E-state index contributed by atoms with van der Waals surface area (Å²) in [6.07, 6.45) is 7.64. The van der Waals surface area contributed by atoms with Crippen LogP contribution in [0.2, 0.25) is 0 Å². The SMILES string of the molecule is CC.CCC.CCC(=O)CCCCCNC(=O)NCCCCC(NC(=O)CNC(=O)C(CCSC)NC(=O)c1ccc(CNC(=O)CN2CCN(CC(=O)O)CCN(CC(=O)O)CCN(CC(=O)O)CC2)cc1)C(=O)O. The molecule has 1 heterocycles. The molecule has 0 spiro atoms. The van der Waals surface area contributed by atoms with Gasteiger partial charge >= 0.3 is 29.9 Å². The van der Waals surface area contributed by atoms with Crippen molar-refractivity contribution in [2.24, 2.45) is 0 Å². The fourth-order valence-electron chi connectivity index (χ4n) is 7.30. The lowest BCUT2D eigenvalue weighted by atomic mass is 10.1. The molecule has 2 atom stereocenters. The number of carbonyl (C=O) groups excluding carboxylic acids is 6. The van der Waals surface area contributed by atoms with Gasteiger partial charge in [-0.15, -0.1) is 0 Å². The molecule has 76 heavy (non-hydrogen) atoms. The van der Waals surface area contributed by atoms with Gasteiger partial charge in [0.05, 0.1) is 32.7 Å². The average molecular weight is 1100 g/mol. The minimum atomic E-state index is -1.26. The third-order valence-electron chi connectivity index (χ3n) is 11.4. The van der Waals surface area contributed by atoms with Gasteiger partial charge < -0.3 is 52.3 Å². The smallest absolute Gasteiger partial charge is 0.326 e. The standard InChI is InChI=1S/C46H74N10O14S.C3H8.C2H6/c1-3-35(57)9-5-4-7-16-47-46(70)48-17-8-6-10-37(45(68)69)51-38(58)28-50-44(67)36(15-26-71-2)52-43(66)34-13-11-33(12-14-34)27-49-39(59)29-53-18-20-54(30-40(60)61)22-24-56(32-42(64)65)25-23-55(21-19-53)31-41(62)63;1-3-2;1-2/h11-14,36-37H,3-10,15-32H2,1-2H3,(H,49,59)(H,50,67)(H,51,58)(H,52,66)(H,60,61)(H,62,63)(H,64,65)(H,68,69)(H2,47,48,70);3H2,1-2H3;1-2H3. The number of thioether (sulfide) groups is 1. The Bertz CT molecular complexity index is 1880. The molecule has 2 unspecified atom stereocenters. The number of carbonyl (C=O) groups is 10. The first kappa shape index (κ1) is 70.1. The first-order valence-corrected chi connectivity index (χ1v) is 27.7. The van der Waals surface area contributed by atoms with Gasteiger partial charge in [0.15, 0.2) is 0 Å². The fourth-order valence-corrected chi connectivity index (χ4v) is 7.77. The number of aliphatic carboxylic acids is 4. The number of unbranched alkanes of at least 4 members (excludes halogenated alkanes) is 3. The Morgan fingerprint density at radius 2 is 1.04 bits per heavy atom. The second-order valence-electron chi connectivity index (χ2n) is 17.8. The number of nitrogens with zero attached hydrogens (tertiary/aromatic N) is 4. The summed E-state index contributed by atoms with van der Waals surface area (Å²) >= 11 is 1.44. The Morgan fingerprint density at radius 3 is 1.49 bits per heavy atom. The molecule has 1 fully saturated rings. The largest absolute Gasteiger partial charge is 0.480 e. The number of ketones is 1. The molecule has 1 aromatic carbocycles. The van der Waals surface area contributed by atoms with Crippen molar-refractivity contribution >= 4 is 71.1 Å². The molecule has 1 aliphatic heterocycles. The summed E-state index contributed by atoms with van der Waals surface area (Å²) in [4.78, 5) is 129. The fraction of sp³-hybridized carbons (Fsp3) is 0.686. The minimum Gasteiger partial charge on any atom is -0.480 e. The van der Waals surface area contributed by atoms with Crippen molar-refractivity contribution in [3.8, 4) is 0 Å². The molecule has 0 aromatic heterocycles. The lowest BCUT2D eigenvalue weighted by Gasteiger charge is -2.32. The molecule has 0 radical (unpaired) electrons. The first-order chi connectivity index (χ1) is 36.3. The summed E-state index contributed by atoms with van der Waals surface area (Å²) in [7, 11) is 0. The van der Waals surface area contributed by atoms with Gasteiger partial charge in [0.2, 0.25) is 17.7 Å². The number of hydrogen-bond donors (Lipinski definition) is 10. The molecular weight excluding hydrogens is 1010 g/mol. The van der Waals surface area contributed by atoms with E-state index in [-0.39, 0.29) is 121 Å². The second-order valence-corrected chi connectivity index (χ2v) is 18.8. The molecule has 2 rings (SSSR count). The highest BCUT2D eigenvalue weighted by molar-refractivity contribution is 7.98. The van der Waals surface area contributed by atoms with E-state index in [1.54, 1.807) is 31.7 Å². The van der Waals surface area contributed by atoms with Crippen LogP contribution >= 0.6 is 11.8 Å². The van der Waals surface area contributed by atoms with Crippen LogP contribution in [0.15, 0.2) is 24.3 Å². The summed E-state index contributed by atoms with van der Waals surface area (Å²) in [5.74, 6) is -6.04. The Morgan fingerprint density at radius 1 is 0.566 bits per heavy atom. The highest BCUT2D eigenvalue weighted by Crippen LogP contribution is 2.09. The van der Waals surface area contributed by atoms with Gasteiger partial charge in [-0.25, -0.2) is 9.59 Å². The number of Topliss-reactive ketones (excluding diaryl/α,β-unsaturated/α-hetero) is 1. The molecule has 6 amide bonds. The zero-order chi connectivity index (χ0) is 57.3. The lowest BCUT2D eigenvalue weighted by molar-refractivity contribution is -0.142. The molecule has 10 N–H and O–H groups in total. The van der Waals surface area contributed by atoms with Gasteiger partial charge in [-0.05, 0) is 68.2 Å². The molecule has 0 aliphatic carbocycles. The van der Waals surface area contributed by atoms with Crippen LogP contribution in [-0.2, 0) is 44.9 Å². The number of benzene rings is 1. The van der Waals surface area contributed by atoms with E-state index in [1.807, 2.05) is 27.0 Å². The van der Waals surface area contributed by atoms with Crippen molar-refractivity contribution in [1.29, 1.82) is 0 Å². The van der Waals surface area contributed by atoms with Crippen LogP contribution in [0.3, 0.4) is 0 Å². The Labute approximate surface area is 452 Å². The zero-order valence-corrected chi connectivity index (χ0v) is 46.4. The van der Waals surface area contributed by atoms with E-state index in [9.17, 15) is 68.4 Å². The van der Waals surface area contributed by atoms with Crippen molar-refractivity contribution in [2.75, 3.05) is 110 Å². The number of urea groups is 1. The summed E-state index contributed by atoms with van der Waals surface area (Å²) in [5.41, 5.74) is 0.868. The molecule has 24 nitrogen and oxygen atoms in total. The summed E-state index contributed by atoms with van der Waals surface area (Å²) in [6, 6.07) is 3.70. The quantitative estimate of drug-likeness (QED) is 0.0460. The Hall–Kier alpha value is -5.89. The van der Waals surface area contributed by atoms with E-state index < -0.39 is 60.2 Å². The number of carboxylic acids is 4. The molecule has 1 saturated heterocycles. The van der Waals surface area contributed by atoms with E-state index in [0.29, 0.717) is 50.1 Å². The van der Waals surface area contributed by atoms with Crippen LogP contribution in [-0.4, -0.2) is 222 Å². The van der Waals surface area contributed by atoms with Gasteiger partial charge in [0, 0.05) is 90.4 Å². The van der Waals surface area contributed by atoms with Crippen molar-refractivity contribution in [3.63, 3.8) is 0 Å². The maximum atomic E-state index is 13.3. The number of amides is 6. The van der Waals surface area contributed by atoms with Gasteiger partial charge in [-0.1, -0.05) is 59.6 Å². The van der Waals surface area contributed by atoms with Gasteiger partial charge in [0.1, 0.15) is 17.9 Å². The van der Waals surface area contributed by atoms with E-state index in [4.69, 9.17) is 0 Å². The first-order valence-electron chi connectivity index (χ1n) is 26.3. The van der Waals surface area contributed by atoms with Crippen molar-refractivity contribution in [1.82, 2.24) is 51.5 Å². The maximum Gasteiger partial charge on any atom is 0.326 e. The maximum absolute atomic E-state index is 13.3. The summed E-state index contributed by atoms with van der Waals surface area (Å²) in [6.45, 7) is 11.5. The predicted octanol–water partition coefficient (Wildman–Crippen LogP) is 1.77. The van der Waals surface area contributed by atoms with E-state index in [1.165, 1.54) is 30.3 Å². The molecule has 0 bridgehead atoms. The van der Waals surface area contributed by atoms with Crippen LogP contribution in [0.25, 0.3) is 0 Å². The third kappa shape index (κ3) is 35.4. The van der Waals surface area contributed by atoms with Crippen molar-refractivity contribution in [3.05, 3.63) is 35.4 Å². The third-order valence-corrected chi connectivity index (χ3v) is 12.0. The van der Waals surface area contributed by atoms with Gasteiger partial charge in [-0.2, -0.15) is 11.8 Å². The number of hydrogen-bond acceptors (Lipinski definition) is 15. The van der Waals surface area contributed by atoms with E-state index in [0.717, 1.165) is 19.3 Å². The van der Waals surface area contributed by atoms with Crippen molar-refractivity contribution < 1.29 is 68.4 Å². The predicted molar refractivity (Wildman–Crippen MR) is 290 cm³/mol. The van der Waals surface area contributed by atoms with Crippen molar-refractivity contribution in [2.45, 2.75) is 117 Å². The van der Waals surface area contributed by atoms with Crippen LogP contribution < -0.4 is 31.9 Å². The highest BCUT2D eigenvalue weighted by Gasteiger charge is 2.25. The Balaban J connectivity index is 0.0000108. The summed E-state index contributed by atoms with van der Waals surface area (Å²) in [5, 5.41) is 53.9. The minimum absolute atomic E-state index is 0.0808. The molecule has 25 heteroatoms. The average Bonchev–Trinajstić information content (AvgIpc) is 3.37. The summed E-state index contributed by atoms with van der Waals surface area (Å²) < 4.78 is 0. The number of nitrogens with one attached hydrogen (secondary N) is 6. The highest BCUT2D eigenvalue weighted by atomic mass is 32.2. The van der Waals surface area contributed by atoms with E-state index in [2.05, 4.69) is 45.7 Å². The zero-order valence-electron chi connectivity index (χ0n) is 45.6.